The third kappa shape index (κ3) is 3.33. The zero-order valence-electron chi connectivity index (χ0n) is 14.9. The van der Waals surface area contributed by atoms with Crippen LogP contribution in [-0.4, -0.2) is 22.5 Å². The standard InChI is InChI=1S/C22H22N2O2/c1-2-26-21(25)13-20-22-18(12-17-10-6-7-11-19(17)23-22)15-24(20)14-16-8-4-3-5-9-16/h3-12,20H,2,13-15H2,1H3. The van der Waals surface area contributed by atoms with E-state index in [2.05, 4.69) is 29.2 Å². The summed E-state index contributed by atoms with van der Waals surface area (Å²) in [6.07, 6.45) is 0.332. The Morgan fingerprint density at radius 3 is 2.73 bits per heavy atom. The number of fused-ring (bicyclic) bond motifs is 2. The smallest absolute Gasteiger partial charge is 0.307 e. The maximum atomic E-state index is 12.2. The number of ether oxygens (including phenoxy) is 1. The van der Waals surface area contributed by atoms with E-state index in [0.29, 0.717) is 13.0 Å². The SMILES string of the molecule is CCOC(=O)CC1c2nc3ccccc3cc2CN1Cc1ccccc1. The van der Waals surface area contributed by atoms with Crippen molar-refractivity contribution in [1.29, 1.82) is 0 Å². The molecule has 4 rings (SSSR count). The molecule has 1 aromatic heterocycles. The lowest BCUT2D eigenvalue weighted by atomic mass is 10.1. The molecule has 0 N–H and O–H groups in total. The molecule has 0 bridgehead atoms. The van der Waals surface area contributed by atoms with Gasteiger partial charge in [0.05, 0.1) is 30.3 Å². The molecular formula is C22H22N2O2. The largest absolute Gasteiger partial charge is 0.466 e. The second kappa shape index (κ2) is 7.26. The van der Waals surface area contributed by atoms with Crippen molar-refractivity contribution < 1.29 is 9.53 Å². The van der Waals surface area contributed by atoms with Crippen LogP contribution in [-0.2, 0) is 22.6 Å². The molecule has 0 saturated carbocycles. The van der Waals surface area contributed by atoms with Gasteiger partial charge in [-0.2, -0.15) is 0 Å². The van der Waals surface area contributed by atoms with Gasteiger partial charge in [-0.15, -0.1) is 0 Å². The number of para-hydroxylation sites is 1. The topological polar surface area (TPSA) is 42.4 Å². The van der Waals surface area contributed by atoms with Crippen LogP contribution in [0.5, 0.6) is 0 Å². The van der Waals surface area contributed by atoms with Crippen LogP contribution < -0.4 is 0 Å². The average molecular weight is 346 g/mol. The number of esters is 1. The van der Waals surface area contributed by atoms with Crippen LogP contribution in [0.4, 0.5) is 0 Å². The van der Waals surface area contributed by atoms with Gasteiger partial charge in [-0.1, -0.05) is 48.5 Å². The number of pyridine rings is 1. The molecule has 132 valence electrons. The van der Waals surface area contributed by atoms with Gasteiger partial charge in [0, 0.05) is 18.5 Å². The van der Waals surface area contributed by atoms with Crippen LogP contribution in [0.1, 0.15) is 36.2 Å². The molecule has 1 atom stereocenters. The van der Waals surface area contributed by atoms with Crippen molar-refractivity contribution in [2.75, 3.05) is 6.61 Å². The van der Waals surface area contributed by atoms with Gasteiger partial charge >= 0.3 is 5.97 Å². The highest BCUT2D eigenvalue weighted by molar-refractivity contribution is 5.80. The van der Waals surface area contributed by atoms with E-state index in [1.165, 1.54) is 11.1 Å². The summed E-state index contributed by atoms with van der Waals surface area (Å²) in [5.74, 6) is -0.168. The summed E-state index contributed by atoms with van der Waals surface area (Å²) >= 11 is 0. The summed E-state index contributed by atoms with van der Waals surface area (Å²) in [6, 6.07) is 20.7. The van der Waals surface area contributed by atoms with Crippen molar-refractivity contribution in [3.05, 3.63) is 77.5 Å². The molecule has 1 unspecified atom stereocenters. The number of nitrogens with zero attached hydrogens (tertiary/aromatic N) is 2. The first-order valence-corrected chi connectivity index (χ1v) is 9.06. The molecule has 0 aliphatic carbocycles. The number of carbonyl (C=O) groups excluding carboxylic acids is 1. The molecule has 1 aliphatic rings. The molecule has 26 heavy (non-hydrogen) atoms. The Labute approximate surface area is 153 Å². The molecule has 4 nitrogen and oxygen atoms in total. The molecule has 4 heteroatoms. The van der Waals surface area contributed by atoms with Crippen molar-refractivity contribution in [3.63, 3.8) is 0 Å². The number of rotatable bonds is 5. The first kappa shape index (κ1) is 16.7. The first-order chi connectivity index (χ1) is 12.7. The third-order valence-corrected chi connectivity index (χ3v) is 4.86. The highest BCUT2D eigenvalue weighted by Crippen LogP contribution is 2.37. The molecule has 1 aliphatic heterocycles. The minimum atomic E-state index is -0.168. The van der Waals surface area contributed by atoms with E-state index in [9.17, 15) is 4.79 Å². The highest BCUT2D eigenvalue weighted by atomic mass is 16.5. The second-order valence-electron chi connectivity index (χ2n) is 6.64. The molecule has 3 aromatic rings. The quantitative estimate of drug-likeness (QED) is 0.648. The minimum Gasteiger partial charge on any atom is -0.466 e. The van der Waals surface area contributed by atoms with Crippen LogP contribution in [0.3, 0.4) is 0 Å². The predicted molar refractivity (Wildman–Crippen MR) is 101 cm³/mol. The van der Waals surface area contributed by atoms with Crippen LogP contribution in [0.15, 0.2) is 60.7 Å². The lowest BCUT2D eigenvalue weighted by Gasteiger charge is -2.24. The van der Waals surface area contributed by atoms with Gasteiger partial charge < -0.3 is 4.74 Å². The van der Waals surface area contributed by atoms with Crippen molar-refractivity contribution >= 4 is 16.9 Å². The number of hydrogen-bond acceptors (Lipinski definition) is 4. The molecule has 0 spiro atoms. The van der Waals surface area contributed by atoms with E-state index in [0.717, 1.165) is 29.7 Å². The van der Waals surface area contributed by atoms with E-state index < -0.39 is 0 Å². The summed E-state index contributed by atoms with van der Waals surface area (Å²) in [6.45, 7) is 3.83. The zero-order chi connectivity index (χ0) is 17.9. The molecule has 0 fully saturated rings. The molecule has 0 radical (unpaired) electrons. The lowest BCUT2D eigenvalue weighted by Crippen LogP contribution is -2.25. The normalized spacial score (nSPS) is 16.6. The van der Waals surface area contributed by atoms with Gasteiger partial charge in [0.1, 0.15) is 0 Å². The highest BCUT2D eigenvalue weighted by Gasteiger charge is 2.34. The maximum absolute atomic E-state index is 12.2. The Bertz CT molecular complexity index is 924. The Kier molecular flexibility index (Phi) is 4.67. The number of hydrogen-bond donors (Lipinski definition) is 0. The van der Waals surface area contributed by atoms with E-state index in [-0.39, 0.29) is 12.0 Å². The summed E-state index contributed by atoms with van der Waals surface area (Å²) in [4.78, 5) is 19.4. The Morgan fingerprint density at radius 2 is 1.92 bits per heavy atom. The molecule has 0 saturated heterocycles. The van der Waals surface area contributed by atoms with Gasteiger partial charge in [-0.3, -0.25) is 14.7 Å². The third-order valence-electron chi connectivity index (χ3n) is 4.86. The Hall–Kier alpha value is -2.72. The van der Waals surface area contributed by atoms with Crippen molar-refractivity contribution in [1.82, 2.24) is 9.88 Å². The van der Waals surface area contributed by atoms with Gasteiger partial charge in [-0.05, 0) is 30.2 Å². The van der Waals surface area contributed by atoms with Crippen LogP contribution in [0, 0.1) is 0 Å². The number of benzene rings is 2. The summed E-state index contributed by atoms with van der Waals surface area (Å²) < 4.78 is 5.21. The van der Waals surface area contributed by atoms with Crippen molar-refractivity contribution in [2.45, 2.75) is 32.5 Å². The van der Waals surface area contributed by atoms with Gasteiger partial charge in [0.2, 0.25) is 0 Å². The van der Waals surface area contributed by atoms with E-state index in [4.69, 9.17) is 9.72 Å². The van der Waals surface area contributed by atoms with E-state index in [1.807, 2.05) is 43.3 Å². The van der Waals surface area contributed by atoms with Crippen LogP contribution >= 0.6 is 0 Å². The summed E-state index contributed by atoms with van der Waals surface area (Å²) in [7, 11) is 0. The van der Waals surface area contributed by atoms with Crippen molar-refractivity contribution in [2.24, 2.45) is 0 Å². The molecule has 2 aromatic carbocycles. The summed E-state index contributed by atoms with van der Waals surface area (Å²) in [5, 5.41) is 1.14. The molecular weight excluding hydrogens is 324 g/mol. The minimum absolute atomic E-state index is 0.0473. The zero-order valence-corrected chi connectivity index (χ0v) is 14.9. The van der Waals surface area contributed by atoms with E-state index in [1.54, 1.807) is 0 Å². The predicted octanol–water partition coefficient (Wildman–Crippen LogP) is 4.24. The maximum Gasteiger partial charge on any atom is 0.307 e. The molecule has 0 amide bonds. The Morgan fingerprint density at radius 1 is 1.15 bits per heavy atom. The number of carbonyl (C=O) groups is 1. The number of aromatic nitrogens is 1. The van der Waals surface area contributed by atoms with Crippen molar-refractivity contribution in [3.8, 4) is 0 Å². The first-order valence-electron chi connectivity index (χ1n) is 9.06. The second-order valence-corrected chi connectivity index (χ2v) is 6.64. The van der Waals surface area contributed by atoms with Crippen LogP contribution in [0.2, 0.25) is 0 Å². The van der Waals surface area contributed by atoms with Gasteiger partial charge in [0.15, 0.2) is 0 Å². The monoisotopic (exact) mass is 346 g/mol. The van der Waals surface area contributed by atoms with Gasteiger partial charge in [-0.25, -0.2) is 0 Å². The van der Waals surface area contributed by atoms with Crippen LogP contribution in [0.25, 0.3) is 10.9 Å². The fourth-order valence-corrected chi connectivity index (χ4v) is 3.68. The summed E-state index contributed by atoms with van der Waals surface area (Å²) in [5.41, 5.74) is 4.42. The van der Waals surface area contributed by atoms with E-state index >= 15 is 0 Å². The average Bonchev–Trinajstić information content (AvgIpc) is 2.97. The fraction of sp³-hybridized carbons (Fsp3) is 0.273. The molecule has 2 heterocycles. The Balaban J connectivity index is 1.69. The fourth-order valence-electron chi connectivity index (χ4n) is 3.68. The lowest BCUT2D eigenvalue weighted by molar-refractivity contribution is -0.144. The van der Waals surface area contributed by atoms with Gasteiger partial charge in [0.25, 0.3) is 0 Å².